The van der Waals surface area contributed by atoms with E-state index >= 15 is 0 Å². The highest BCUT2D eigenvalue weighted by atomic mass is 16.2. The Morgan fingerprint density at radius 2 is 1.54 bits per heavy atom. The van der Waals surface area contributed by atoms with Gasteiger partial charge in [-0.25, -0.2) is 0 Å². The Balaban J connectivity index is 1.61. The molecule has 2 atom stereocenters. The third-order valence-corrected chi connectivity index (χ3v) is 7.64. The Bertz CT molecular complexity index is 872. The van der Waals surface area contributed by atoms with E-state index < -0.39 is 5.92 Å². The Morgan fingerprint density at radius 1 is 0.885 bits per heavy atom. The number of ketones is 2. The third kappa shape index (κ3) is 2.09. The Labute approximate surface area is 154 Å². The van der Waals surface area contributed by atoms with Crippen LogP contribution >= 0.6 is 0 Å². The van der Waals surface area contributed by atoms with Crippen LogP contribution in [0.2, 0.25) is 0 Å². The first-order valence-corrected chi connectivity index (χ1v) is 10.0. The highest BCUT2D eigenvalue weighted by Gasteiger charge is 2.61. The van der Waals surface area contributed by atoms with Gasteiger partial charge in [0.05, 0.1) is 11.2 Å². The lowest BCUT2D eigenvalue weighted by atomic mass is 9.45. The van der Waals surface area contributed by atoms with Crippen LogP contribution in [0, 0.1) is 23.2 Å². The van der Waals surface area contributed by atoms with Gasteiger partial charge in [-0.2, -0.15) is 0 Å². The Kier molecular flexibility index (Phi) is 3.57. The fourth-order valence-corrected chi connectivity index (χ4v) is 6.31. The average Bonchev–Trinajstić information content (AvgIpc) is 2.65. The number of hydrogen-bond donors (Lipinski definition) is 0. The molecule has 0 radical (unpaired) electrons. The predicted molar refractivity (Wildman–Crippen MR) is 101 cm³/mol. The molecule has 0 spiro atoms. The highest BCUT2D eigenvalue weighted by molar-refractivity contribution is 6.12. The van der Waals surface area contributed by atoms with Gasteiger partial charge < -0.3 is 0 Å². The average molecular weight is 347 g/mol. The largest absolute Gasteiger partial charge is 0.298 e. The number of carbonyl (C=O) groups is 2. The van der Waals surface area contributed by atoms with Crippen LogP contribution in [0.1, 0.15) is 57.1 Å². The molecule has 3 nitrogen and oxygen atoms in total. The molecule has 3 aliphatic rings. The van der Waals surface area contributed by atoms with Crippen LogP contribution < -0.4 is 0 Å². The lowest BCUT2D eigenvalue weighted by molar-refractivity contribution is -0.160. The molecule has 0 N–H and O–H groups in total. The number of carbonyl (C=O) groups excluding carboxylic acids is 2. The second-order valence-electron chi connectivity index (χ2n) is 8.70. The molecule has 0 bridgehead atoms. The quantitative estimate of drug-likeness (QED) is 0.703. The van der Waals surface area contributed by atoms with Crippen LogP contribution in [0.15, 0.2) is 36.4 Å². The van der Waals surface area contributed by atoms with Crippen LogP contribution in [0.4, 0.5) is 0 Å². The van der Waals surface area contributed by atoms with Crippen LogP contribution in [-0.2, 0) is 9.59 Å². The van der Waals surface area contributed by atoms with Crippen molar-refractivity contribution in [3.63, 3.8) is 0 Å². The van der Waals surface area contributed by atoms with Crippen molar-refractivity contribution < 1.29 is 9.59 Å². The first-order valence-electron chi connectivity index (χ1n) is 10.0. The summed E-state index contributed by atoms with van der Waals surface area (Å²) in [7, 11) is 0. The highest BCUT2D eigenvalue weighted by Crippen LogP contribution is 2.60. The van der Waals surface area contributed by atoms with Gasteiger partial charge in [-0.1, -0.05) is 44.0 Å². The van der Waals surface area contributed by atoms with Gasteiger partial charge in [0, 0.05) is 17.2 Å². The molecule has 26 heavy (non-hydrogen) atoms. The van der Waals surface area contributed by atoms with E-state index in [2.05, 4.69) is 6.92 Å². The zero-order valence-electron chi connectivity index (χ0n) is 15.3. The van der Waals surface area contributed by atoms with Gasteiger partial charge in [-0.05, 0) is 49.1 Å². The van der Waals surface area contributed by atoms with E-state index in [0.717, 1.165) is 36.6 Å². The number of aromatic nitrogens is 1. The topological polar surface area (TPSA) is 47.0 Å². The fraction of sp³-hybridized carbons (Fsp3) is 0.522. The van der Waals surface area contributed by atoms with Crippen LogP contribution in [0.5, 0.6) is 0 Å². The van der Waals surface area contributed by atoms with E-state index in [-0.39, 0.29) is 28.8 Å². The summed E-state index contributed by atoms with van der Waals surface area (Å²) < 4.78 is 0. The number of pyridine rings is 1. The number of para-hydroxylation sites is 1. The molecule has 1 heterocycles. The van der Waals surface area contributed by atoms with Crippen molar-refractivity contribution in [2.24, 2.45) is 23.2 Å². The minimum absolute atomic E-state index is 0.0301. The Morgan fingerprint density at radius 3 is 2.23 bits per heavy atom. The van der Waals surface area contributed by atoms with Crippen molar-refractivity contribution in [2.75, 3.05) is 0 Å². The van der Waals surface area contributed by atoms with E-state index in [1.807, 2.05) is 36.4 Å². The zero-order valence-corrected chi connectivity index (χ0v) is 15.3. The normalized spacial score (nSPS) is 36.8. The molecule has 134 valence electrons. The number of nitrogens with zero attached hydrogens (tertiary/aromatic N) is 1. The van der Waals surface area contributed by atoms with Gasteiger partial charge >= 0.3 is 0 Å². The minimum atomic E-state index is -0.653. The van der Waals surface area contributed by atoms with E-state index in [0.29, 0.717) is 11.6 Å². The molecule has 5 rings (SSSR count). The van der Waals surface area contributed by atoms with Crippen LogP contribution in [0.3, 0.4) is 0 Å². The summed E-state index contributed by atoms with van der Waals surface area (Å²) in [6.07, 6.45) is 6.50. The number of fused-ring (bicyclic) bond motifs is 1. The smallest absolute Gasteiger partial charge is 0.153 e. The second-order valence-corrected chi connectivity index (χ2v) is 8.70. The minimum Gasteiger partial charge on any atom is -0.298 e. The summed E-state index contributed by atoms with van der Waals surface area (Å²) in [4.78, 5) is 31.7. The van der Waals surface area contributed by atoms with E-state index in [1.54, 1.807) is 0 Å². The van der Waals surface area contributed by atoms with Crippen molar-refractivity contribution in [1.29, 1.82) is 0 Å². The maximum atomic E-state index is 13.5. The molecule has 3 aliphatic carbocycles. The molecule has 1 aromatic heterocycles. The van der Waals surface area contributed by atoms with Gasteiger partial charge in [0.15, 0.2) is 11.6 Å². The SMILES string of the molecule is CC12C3CCCC1C(=O)C(c1ccc4ccccc4n1)C(=O)C2CCC3. The second kappa shape index (κ2) is 5.73. The summed E-state index contributed by atoms with van der Waals surface area (Å²) in [5.41, 5.74) is 1.41. The number of Topliss-reactive ketones (excluding diaryl/α,β-unsaturated/α-hetero) is 2. The van der Waals surface area contributed by atoms with E-state index in [9.17, 15) is 9.59 Å². The fourth-order valence-electron chi connectivity index (χ4n) is 6.31. The first kappa shape index (κ1) is 16.2. The number of hydrogen-bond acceptors (Lipinski definition) is 3. The lowest BCUT2D eigenvalue weighted by Gasteiger charge is -2.57. The Hall–Kier alpha value is -2.03. The van der Waals surface area contributed by atoms with E-state index in [4.69, 9.17) is 4.98 Å². The molecule has 0 aliphatic heterocycles. The molecule has 3 heteroatoms. The first-order chi connectivity index (χ1) is 12.6. The molecule has 2 aromatic rings. The lowest BCUT2D eigenvalue weighted by Crippen LogP contribution is -2.58. The summed E-state index contributed by atoms with van der Waals surface area (Å²) in [6, 6.07) is 11.8. The molecular weight excluding hydrogens is 322 g/mol. The van der Waals surface area contributed by atoms with Gasteiger partial charge in [0.25, 0.3) is 0 Å². The number of benzene rings is 1. The van der Waals surface area contributed by atoms with E-state index in [1.165, 1.54) is 12.8 Å². The van der Waals surface area contributed by atoms with Gasteiger partial charge in [0.1, 0.15) is 5.92 Å². The third-order valence-electron chi connectivity index (χ3n) is 7.64. The van der Waals surface area contributed by atoms with Crippen LogP contribution in [-0.4, -0.2) is 16.6 Å². The van der Waals surface area contributed by atoms with Gasteiger partial charge in [-0.3, -0.25) is 14.6 Å². The van der Waals surface area contributed by atoms with Crippen molar-refractivity contribution in [3.8, 4) is 0 Å². The molecule has 0 amide bonds. The summed E-state index contributed by atoms with van der Waals surface area (Å²) >= 11 is 0. The monoisotopic (exact) mass is 347 g/mol. The summed E-state index contributed by atoms with van der Waals surface area (Å²) in [5.74, 6) is 0.231. The molecular formula is C23H25NO2. The zero-order chi connectivity index (χ0) is 17.9. The van der Waals surface area contributed by atoms with Crippen LogP contribution in [0.25, 0.3) is 10.9 Å². The predicted octanol–water partition coefficient (Wildman–Crippen LogP) is 4.69. The number of rotatable bonds is 1. The summed E-state index contributed by atoms with van der Waals surface area (Å²) in [6.45, 7) is 2.24. The molecule has 3 saturated carbocycles. The molecule has 1 aromatic carbocycles. The maximum absolute atomic E-state index is 13.5. The molecule has 3 fully saturated rings. The van der Waals surface area contributed by atoms with Crippen molar-refractivity contribution in [2.45, 2.75) is 51.4 Å². The van der Waals surface area contributed by atoms with Crippen molar-refractivity contribution in [1.82, 2.24) is 4.98 Å². The maximum Gasteiger partial charge on any atom is 0.153 e. The van der Waals surface area contributed by atoms with Crippen molar-refractivity contribution >= 4 is 22.5 Å². The molecule has 2 unspecified atom stereocenters. The van der Waals surface area contributed by atoms with Gasteiger partial charge in [-0.15, -0.1) is 0 Å². The van der Waals surface area contributed by atoms with Gasteiger partial charge in [0.2, 0.25) is 0 Å². The summed E-state index contributed by atoms with van der Waals surface area (Å²) in [5, 5.41) is 1.05. The molecule has 0 saturated heterocycles. The standard InChI is InChI=1S/C23H25NO2/c1-23-15-7-4-9-16(23)21(25)20(22(26)17(23)10-5-8-15)19-13-12-14-6-2-3-11-18(14)24-19/h2-3,6,11-13,15-17,20H,4-5,7-10H2,1H3. The van der Waals surface area contributed by atoms with Crippen molar-refractivity contribution in [3.05, 3.63) is 42.1 Å².